The lowest BCUT2D eigenvalue weighted by atomic mass is 10.2. The van der Waals surface area contributed by atoms with Gasteiger partial charge in [0.25, 0.3) is 0 Å². The van der Waals surface area contributed by atoms with Crippen molar-refractivity contribution in [3.8, 4) is 11.6 Å². The van der Waals surface area contributed by atoms with E-state index in [0.717, 1.165) is 0 Å². The summed E-state index contributed by atoms with van der Waals surface area (Å²) in [6.45, 7) is 4.25. The Kier molecular flexibility index (Phi) is 7.19. The van der Waals surface area contributed by atoms with Crippen LogP contribution in [0, 0.1) is 11.2 Å². The molecule has 0 aliphatic rings. The van der Waals surface area contributed by atoms with Crippen molar-refractivity contribution in [2.75, 3.05) is 0 Å². The number of pyridine rings is 1. The van der Waals surface area contributed by atoms with E-state index in [0.29, 0.717) is 5.75 Å². The van der Waals surface area contributed by atoms with Crippen molar-refractivity contribution in [3.05, 3.63) is 54.0 Å². The number of nitrogens with zero attached hydrogens (tertiary/aromatic N) is 1. The van der Waals surface area contributed by atoms with Crippen molar-refractivity contribution in [3.63, 3.8) is 0 Å². The van der Waals surface area contributed by atoms with Crippen molar-refractivity contribution in [1.82, 2.24) is 4.98 Å². The molecule has 7 heteroatoms. The number of carbonyl (C=O) groups is 1. The second-order valence-corrected chi connectivity index (χ2v) is 4.37. The van der Waals surface area contributed by atoms with Crippen LogP contribution in [0.5, 0.6) is 11.6 Å². The molecule has 0 saturated heterocycles. The maximum absolute atomic E-state index is 12.8. The van der Waals surface area contributed by atoms with Gasteiger partial charge in [-0.05, 0) is 36.4 Å². The summed E-state index contributed by atoms with van der Waals surface area (Å²) >= 11 is 0. The summed E-state index contributed by atoms with van der Waals surface area (Å²) in [5.41, 5.74) is 4.99. The van der Waals surface area contributed by atoms with Crippen molar-refractivity contribution >= 4 is 12.0 Å². The van der Waals surface area contributed by atoms with Gasteiger partial charge in [-0.15, -0.1) is 0 Å². The first-order valence-electron chi connectivity index (χ1n) is 6.92. The highest BCUT2D eigenvalue weighted by molar-refractivity contribution is 5.99. The molecule has 0 unspecified atom stereocenters. The van der Waals surface area contributed by atoms with Crippen LogP contribution in [0.25, 0.3) is 0 Å². The summed E-state index contributed by atoms with van der Waals surface area (Å²) in [6.07, 6.45) is 1.59. The van der Waals surface area contributed by atoms with Crippen LogP contribution >= 0.6 is 0 Å². The maximum atomic E-state index is 12.8. The molecule has 0 fully saturated rings. The van der Waals surface area contributed by atoms with E-state index in [1.165, 1.54) is 42.9 Å². The van der Waals surface area contributed by atoms with E-state index in [4.69, 9.17) is 15.9 Å². The third-order valence-electron chi connectivity index (χ3n) is 2.25. The number of aromatic nitrogens is 1. The van der Waals surface area contributed by atoms with Gasteiger partial charge in [-0.3, -0.25) is 5.41 Å². The Labute approximate surface area is 135 Å². The van der Waals surface area contributed by atoms with Gasteiger partial charge in [0, 0.05) is 7.62 Å². The summed E-state index contributed by atoms with van der Waals surface area (Å²) in [5, 5.41) is 7.60. The van der Waals surface area contributed by atoms with Crippen LogP contribution < -0.4 is 10.5 Å². The smallest absolute Gasteiger partial charge is 0.411 e. The van der Waals surface area contributed by atoms with Crippen LogP contribution in [0.1, 0.15) is 27.3 Å². The maximum Gasteiger partial charge on any atom is 0.411 e. The van der Waals surface area contributed by atoms with E-state index < -0.39 is 17.8 Å². The van der Waals surface area contributed by atoms with Gasteiger partial charge in [0.1, 0.15) is 11.6 Å². The molecule has 0 spiro atoms. The number of carbonyl (C=O) groups excluding carboxylic acids is 1. The molecule has 1 heterocycles. The van der Waals surface area contributed by atoms with E-state index in [9.17, 15) is 9.18 Å². The summed E-state index contributed by atoms with van der Waals surface area (Å²) in [7, 11) is 0. The zero-order valence-corrected chi connectivity index (χ0v) is 12.9. The van der Waals surface area contributed by atoms with Gasteiger partial charge in [0.15, 0.2) is 0 Å². The molecule has 124 valence electrons. The molecule has 1 amide bonds. The number of rotatable bonds is 3. The van der Waals surface area contributed by atoms with Gasteiger partial charge < -0.3 is 15.2 Å². The van der Waals surface area contributed by atoms with Gasteiger partial charge in [-0.2, -0.15) is 0 Å². The van der Waals surface area contributed by atoms with Gasteiger partial charge in [-0.1, -0.05) is 20.3 Å². The van der Waals surface area contributed by atoms with Crippen molar-refractivity contribution in [1.29, 1.82) is 5.41 Å². The molecule has 0 bridgehead atoms. The molecule has 3 N–H and O–H groups in total. The molecule has 23 heavy (non-hydrogen) atoms. The number of nitrogens with one attached hydrogen (secondary N) is 1. The van der Waals surface area contributed by atoms with E-state index in [-0.39, 0.29) is 12.9 Å². The molecule has 0 radical (unpaired) electrons. The zero-order valence-electron chi connectivity index (χ0n) is 12.9. The molecular weight excluding hydrogens is 301 g/mol. The third-order valence-corrected chi connectivity index (χ3v) is 2.25. The number of primary amides is 1. The second kappa shape index (κ2) is 9.14. The summed E-state index contributed by atoms with van der Waals surface area (Å²) < 4.78 is 22.7. The van der Waals surface area contributed by atoms with Gasteiger partial charge in [-0.25, -0.2) is 14.2 Å². The third kappa shape index (κ3) is 6.13. The van der Waals surface area contributed by atoms with Crippen LogP contribution in [0.3, 0.4) is 0 Å². The highest BCUT2D eigenvalue weighted by atomic mass is 19.1. The highest BCUT2D eigenvalue weighted by Gasteiger charge is 2.14. The lowest BCUT2D eigenvalue weighted by molar-refractivity contribution is 0.207. The first-order valence-corrected chi connectivity index (χ1v) is 6.92. The average molecular weight is 321 g/mol. The summed E-state index contributed by atoms with van der Waals surface area (Å²) in [4.78, 5) is 14.6. The number of hydrogen-bond donors (Lipinski definition) is 2. The minimum absolute atomic E-state index is 0. The fourth-order valence-electron chi connectivity index (χ4n) is 1.41. The van der Waals surface area contributed by atoms with Crippen LogP contribution in [-0.2, 0) is 4.74 Å². The fourth-order valence-corrected chi connectivity index (χ4v) is 1.41. The van der Waals surface area contributed by atoms with E-state index >= 15 is 0 Å². The van der Waals surface area contributed by atoms with Crippen LogP contribution in [0.15, 0.2) is 42.6 Å². The summed E-state index contributed by atoms with van der Waals surface area (Å²) in [6, 6.07) is 8.30. The number of benzene rings is 1. The predicted octanol–water partition coefficient (Wildman–Crippen LogP) is 4.10. The standard InChI is InChI=1S/C13H10FN3O3.C3H8.H2/c14-8-3-5-9(6-4-8)19-12-10(2-1-7-17-12)11(15)20-13(16)18;1-3-2;/h1-7,15H,(H2,16,18);3H2,1-2H3;1H. The molecule has 2 aromatic rings. The molecule has 2 rings (SSSR count). The Bertz CT molecular complexity index is 666. The Morgan fingerprint density at radius 3 is 2.48 bits per heavy atom. The number of amides is 1. The fraction of sp³-hybridized carbons (Fsp3) is 0.188. The number of halogens is 1. The minimum atomic E-state index is -1.11. The molecule has 1 aromatic heterocycles. The van der Waals surface area contributed by atoms with Crippen LogP contribution in [0.4, 0.5) is 9.18 Å². The Morgan fingerprint density at radius 2 is 1.91 bits per heavy atom. The molecule has 0 saturated carbocycles. The lowest BCUT2D eigenvalue weighted by Crippen LogP contribution is -2.19. The van der Waals surface area contributed by atoms with Crippen LogP contribution in [-0.4, -0.2) is 17.0 Å². The van der Waals surface area contributed by atoms with E-state index in [2.05, 4.69) is 23.6 Å². The lowest BCUT2D eigenvalue weighted by Gasteiger charge is -2.09. The number of ether oxygens (including phenoxy) is 2. The topological polar surface area (TPSA) is 98.3 Å². The second-order valence-electron chi connectivity index (χ2n) is 4.37. The average Bonchev–Trinajstić information content (AvgIpc) is 2.50. The minimum Gasteiger partial charge on any atom is -0.438 e. The molecule has 0 atom stereocenters. The first-order chi connectivity index (χ1) is 11.0. The molecular formula is C16H20FN3O3. The monoisotopic (exact) mass is 321 g/mol. The Hall–Kier alpha value is -2.96. The normalized spacial score (nSPS) is 9.35. The molecule has 0 aliphatic carbocycles. The molecule has 1 aromatic carbocycles. The van der Waals surface area contributed by atoms with E-state index in [1.54, 1.807) is 6.07 Å². The SMILES string of the molecule is CCC.N=C(OC(N)=O)c1cccnc1Oc1ccc(F)cc1.[HH]. The first kappa shape index (κ1) is 18.1. The predicted molar refractivity (Wildman–Crippen MR) is 86.3 cm³/mol. The van der Waals surface area contributed by atoms with Gasteiger partial charge in [0.2, 0.25) is 11.8 Å². The number of hydrogen-bond acceptors (Lipinski definition) is 5. The highest BCUT2D eigenvalue weighted by Crippen LogP contribution is 2.23. The van der Waals surface area contributed by atoms with Crippen molar-refractivity contribution < 1.29 is 20.1 Å². The van der Waals surface area contributed by atoms with Gasteiger partial charge >= 0.3 is 6.09 Å². The molecule has 6 nitrogen and oxygen atoms in total. The number of nitrogens with two attached hydrogens (primary N) is 1. The van der Waals surface area contributed by atoms with Crippen molar-refractivity contribution in [2.24, 2.45) is 5.73 Å². The van der Waals surface area contributed by atoms with Gasteiger partial charge in [0.05, 0.1) is 5.56 Å². The Balaban J connectivity index is 0.00000123. The van der Waals surface area contributed by atoms with E-state index in [1.807, 2.05) is 0 Å². The largest absolute Gasteiger partial charge is 0.438 e. The summed E-state index contributed by atoms with van der Waals surface area (Å²) in [5.74, 6) is -0.505. The van der Waals surface area contributed by atoms with Crippen LogP contribution in [0.2, 0.25) is 0 Å². The Morgan fingerprint density at radius 1 is 1.30 bits per heavy atom. The quantitative estimate of drug-likeness (QED) is 0.657. The van der Waals surface area contributed by atoms with Crippen molar-refractivity contribution in [2.45, 2.75) is 20.3 Å². The zero-order chi connectivity index (χ0) is 17.2. The molecule has 0 aliphatic heterocycles.